The molecule has 13 heavy (non-hydrogen) atoms. The molecular formula is C9H13F2NO. The lowest BCUT2D eigenvalue weighted by atomic mass is 10.2. The Bertz CT molecular complexity index is 264. The quantitative estimate of drug-likeness (QED) is 0.527. The van der Waals surface area contributed by atoms with Crippen LogP contribution in [0.2, 0.25) is 0 Å². The van der Waals surface area contributed by atoms with Crippen molar-refractivity contribution in [3.63, 3.8) is 0 Å². The Hall–Kier alpha value is -1.32. The molecule has 1 aromatic rings. The predicted octanol–water partition coefficient (Wildman–Crippen LogP) is 2.94. The topological polar surface area (TPSA) is 46.2 Å². The van der Waals surface area contributed by atoms with Crippen molar-refractivity contribution in [2.24, 2.45) is 0 Å². The number of phenolic OH excluding ortho intramolecular Hbond substituents is 1. The molecule has 0 aromatic heterocycles. The number of halogens is 2. The van der Waals surface area contributed by atoms with Crippen LogP contribution in [0.3, 0.4) is 0 Å². The van der Waals surface area contributed by atoms with Crippen LogP contribution in [0, 0.1) is 0 Å². The lowest BCUT2D eigenvalue weighted by molar-refractivity contribution is 0.152. The zero-order valence-corrected chi connectivity index (χ0v) is 7.59. The third-order valence-corrected chi connectivity index (χ3v) is 1.35. The number of alkyl halides is 2. The van der Waals surface area contributed by atoms with E-state index in [0.29, 0.717) is 0 Å². The van der Waals surface area contributed by atoms with Gasteiger partial charge in [0.15, 0.2) is 0 Å². The van der Waals surface area contributed by atoms with E-state index in [1.165, 1.54) is 18.2 Å². The first-order valence-corrected chi connectivity index (χ1v) is 3.98. The summed E-state index contributed by atoms with van der Waals surface area (Å²) in [6.07, 6.45) is -2.64. The van der Waals surface area contributed by atoms with Crippen LogP contribution < -0.4 is 5.73 Å². The van der Waals surface area contributed by atoms with Crippen molar-refractivity contribution in [1.29, 1.82) is 0 Å². The van der Waals surface area contributed by atoms with E-state index < -0.39 is 6.43 Å². The molecule has 0 saturated carbocycles. The van der Waals surface area contributed by atoms with Crippen LogP contribution in [0.5, 0.6) is 5.75 Å². The highest BCUT2D eigenvalue weighted by Crippen LogP contribution is 2.30. The molecule has 1 aromatic carbocycles. The molecule has 4 heteroatoms. The van der Waals surface area contributed by atoms with Crippen LogP contribution in [0.25, 0.3) is 0 Å². The number of para-hydroxylation sites is 1. The third-order valence-electron chi connectivity index (χ3n) is 1.35. The van der Waals surface area contributed by atoms with Gasteiger partial charge in [0, 0.05) is 5.56 Å². The lowest BCUT2D eigenvalue weighted by Crippen LogP contribution is -1.94. The van der Waals surface area contributed by atoms with Crippen LogP contribution >= 0.6 is 0 Å². The normalized spacial score (nSPS) is 9.31. The minimum absolute atomic E-state index is 0.248. The zero-order chi connectivity index (χ0) is 10.4. The van der Waals surface area contributed by atoms with Gasteiger partial charge < -0.3 is 10.8 Å². The van der Waals surface area contributed by atoms with Crippen molar-refractivity contribution < 1.29 is 13.9 Å². The van der Waals surface area contributed by atoms with E-state index in [1.807, 2.05) is 13.8 Å². The van der Waals surface area contributed by atoms with E-state index in [1.54, 1.807) is 0 Å². The number of benzene rings is 1. The van der Waals surface area contributed by atoms with Crippen LogP contribution in [0.1, 0.15) is 25.8 Å². The smallest absolute Gasteiger partial charge is 0.265 e. The number of nitrogen functional groups attached to an aromatic ring is 1. The highest BCUT2D eigenvalue weighted by Gasteiger charge is 2.12. The van der Waals surface area contributed by atoms with Crippen molar-refractivity contribution in [2.45, 2.75) is 20.3 Å². The van der Waals surface area contributed by atoms with Gasteiger partial charge in [-0.15, -0.1) is 0 Å². The summed E-state index contributed by atoms with van der Waals surface area (Å²) in [6.45, 7) is 4.00. The van der Waals surface area contributed by atoms with E-state index in [-0.39, 0.29) is 17.0 Å². The summed E-state index contributed by atoms with van der Waals surface area (Å²) in [5, 5.41) is 8.89. The van der Waals surface area contributed by atoms with Gasteiger partial charge in [-0.2, -0.15) is 0 Å². The van der Waals surface area contributed by atoms with Crippen molar-refractivity contribution in [3.8, 4) is 5.75 Å². The Balaban J connectivity index is 0.000000671. The molecule has 0 amide bonds. The van der Waals surface area contributed by atoms with Crippen LogP contribution in [-0.4, -0.2) is 5.11 Å². The lowest BCUT2D eigenvalue weighted by Gasteiger charge is -2.04. The van der Waals surface area contributed by atoms with Gasteiger partial charge in [0.25, 0.3) is 6.43 Å². The monoisotopic (exact) mass is 189 g/mol. The highest BCUT2D eigenvalue weighted by molar-refractivity contribution is 5.57. The standard InChI is InChI=1S/C7H7F2NO.C2H6/c8-7(9)4-2-1-3-5(11)6(4)10;1-2/h1-3,7,11H,10H2;1-2H3. The number of hydrogen-bond acceptors (Lipinski definition) is 2. The maximum absolute atomic E-state index is 12.0. The molecule has 0 unspecified atom stereocenters. The van der Waals surface area contributed by atoms with E-state index >= 15 is 0 Å². The molecule has 0 aliphatic rings. The van der Waals surface area contributed by atoms with Crippen LogP contribution in [0.4, 0.5) is 14.5 Å². The van der Waals surface area contributed by atoms with Gasteiger partial charge in [0.2, 0.25) is 0 Å². The van der Waals surface area contributed by atoms with Crippen LogP contribution in [0.15, 0.2) is 18.2 Å². The number of nitrogens with two attached hydrogens (primary N) is 1. The molecular weight excluding hydrogens is 176 g/mol. The second-order valence-electron chi connectivity index (χ2n) is 2.08. The minimum atomic E-state index is -2.64. The van der Waals surface area contributed by atoms with Crippen LogP contribution in [-0.2, 0) is 0 Å². The van der Waals surface area contributed by atoms with Crippen molar-refractivity contribution in [3.05, 3.63) is 23.8 Å². The Labute approximate surface area is 76.0 Å². The summed E-state index contributed by atoms with van der Waals surface area (Å²) >= 11 is 0. The number of anilines is 1. The first kappa shape index (κ1) is 11.7. The molecule has 2 nitrogen and oxygen atoms in total. The van der Waals surface area contributed by atoms with Gasteiger partial charge in [0.05, 0.1) is 5.69 Å². The highest BCUT2D eigenvalue weighted by atomic mass is 19.3. The Morgan fingerprint density at radius 1 is 1.31 bits per heavy atom. The predicted molar refractivity (Wildman–Crippen MR) is 48.8 cm³/mol. The van der Waals surface area contributed by atoms with E-state index in [0.717, 1.165) is 0 Å². The summed E-state index contributed by atoms with van der Waals surface area (Å²) in [5.41, 5.74) is 4.58. The Morgan fingerprint density at radius 2 is 1.85 bits per heavy atom. The number of phenols is 1. The molecule has 0 bridgehead atoms. The summed E-state index contributed by atoms with van der Waals surface area (Å²) in [5.74, 6) is -0.303. The molecule has 0 radical (unpaired) electrons. The molecule has 0 aliphatic carbocycles. The Kier molecular flexibility index (Phi) is 4.80. The average molecular weight is 189 g/mol. The second-order valence-corrected chi connectivity index (χ2v) is 2.08. The van der Waals surface area contributed by atoms with Gasteiger partial charge in [-0.25, -0.2) is 8.78 Å². The van der Waals surface area contributed by atoms with E-state index in [9.17, 15) is 8.78 Å². The maximum Gasteiger partial charge on any atom is 0.265 e. The van der Waals surface area contributed by atoms with Crippen molar-refractivity contribution in [1.82, 2.24) is 0 Å². The zero-order valence-electron chi connectivity index (χ0n) is 7.59. The fourth-order valence-electron chi connectivity index (χ4n) is 0.761. The van der Waals surface area contributed by atoms with Gasteiger partial charge in [-0.05, 0) is 6.07 Å². The van der Waals surface area contributed by atoms with E-state index in [2.05, 4.69) is 0 Å². The molecule has 1 rings (SSSR count). The van der Waals surface area contributed by atoms with Gasteiger partial charge >= 0.3 is 0 Å². The van der Waals surface area contributed by atoms with E-state index in [4.69, 9.17) is 10.8 Å². The molecule has 3 N–H and O–H groups in total. The molecule has 0 spiro atoms. The van der Waals surface area contributed by atoms with Gasteiger partial charge in [0.1, 0.15) is 5.75 Å². The first-order chi connectivity index (χ1) is 6.13. The molecule has 0 aliphatic heterocycles. The fourth-order valence-corrected chi connectivity index (χ4v) is 0.761. The number of aromatic hydroxyl groups is 1. The largest absolute Gasteiger partial charge is 0.506 e. The summed E-state index contributed by atoms with van der Waals surface area (Å²) < 4.78 is 24.0. The third kappa shape index (κ3) is 2.89. The second kappa shape index (κ2) is 5.35. The minimum Gasteiger partial charge on any atom is -0.506 e. The number of rotatable bonds is 1. The van der Waals surface area contributed by atoms with Gasteiger partial charge in [-0.1, -0.05) is 26.0 Å². The summed E-state index contributed by atoms with van der Waals surface area (Å²) in [6, 6.07) is 3.77. The fraction of sp³-hybridized carbons (Fsp3) is 0.333. The average Bonchev–Trinajstić information content (AvgIpc) is 2.13. The van der Waals surface area contributed by atoms with Crippen molar-refractivity contribution in [2.75, 3.05) is 5.73 Å². The first-order valence-electron chi connectivity index (χ1n) is 3.98. The maximum atomic E-state index is 12.0. The van der Waals surface area contributed by atoms with Gasteiger partial charge in [-0.3, -0.25) is 0 Å². The molecule has 0 heterocycles. The molecule has 0 fully saturated rings. The SMILES string of the molecule is CC.Nc1c(O)cccc1C(F)F. The van der Waals surface area contributed by atoms with Crippen molar-refractivity contribution >= 4 is 5.69 Å². The number of hydrogen-bond donors (Lipinski definition) is 2. The summed E-state index contributed by atoms with van der Waals surface area (Å²) in [7, 11) is 0. The molecule has 0 atom stereocenters. The summed E-state index contributed by atoms with van der Waals surface area (Å²) in [4.78, 5) is 0. The Morgan fingerprint density at radius 3 is 2.23 bits per heavy atom. The molecule has 0 saturated heterocycles. The molecule has 74 valence electrons.